The van der Waals surface area contributed by atoms with Crippen LogP contribution < -0.4 is 10.9 Å². The monoisotopic (exact) mass is 331 g/mol. The van der Waals surface area contributed by atoms with Gasteiger partial charge in [0.1, 0.15) is 0 Å². The van der Waals surface area contributed by atoms with Crippen molar-refractivity contribution in [3.63, 3.8) is 0 Å². The number of aryl methyl sites for hydroxylation is 2. The Hall–Kier alpha value is -2.08. The molecule has 1 aliphatic heterocycles. The molecule has 0 saturated heterocycles. The molecule has 0 bridgehead atoms. The Kier molecular flexibility index (Phi) is 4.02. The number of nitrogens with zero attached hydrogens (tertiary/aromatic N) is 1. The summed E-state index contributed by atoms with van der Waals surface area (Å²) in [6.07, 6.45) is 0.844. The number of aromatic amines is 1. The Morgan fingerprint density at radius 1 is 1.30 bits per heavy atom. The van der Waals surface area contributed by atoms with Crippen molar-refractivity contribution in [1.82, 2.24) is 9.88 Å². The predicted molar refractivity (Wildman–Crippen MR) is 93.6 cm³/mol. The Balaban J connectivity index is 1.93. The van der Waals surface area contributed by atoms with E-state index in [1.807, 2.05) is 33.9 Å². The number of fused-ring (bicyclic) bond motifs is 1. The number of anilines is 1. The molecule has 3 rings (SSSR count). The third-order valence-corrected chi connectivity index (χ3v) is 5.77. The van der Waals surface area contributed by atoms with Crippen molar-refractivity contribution >= 4 is 22.2 Å². The highest BCUT2D eigenvalue weighted by Gasteiger charge is 2.30. The molecule has 5 nitrogen and oxygen atoms in total. The van der Waals surface area contributed by atoms with Crippen molar-refractivity contribution in [2.45, 2.75) is 33.7 Å². The fraction of sp³-hybridized carbons (Fsp3) is 0.412. The number of H-pyrrole nitrogens is 1. The number of rotatable bonds is 3. The Morgan fingerprint density at radius 3 is 2.70 bits per heavy atom. The zero-order valence-corrected chi connectivity index (χ0v) is 14.7. The van der Waals surface area contributed by atoms with Crippen LogP contribution in [0.5, 0.6) is 0 Å². The first kappa shape index (κ1) is 15.8. The van der Waals surface area contributed by atoms with Gasteiger partial charge in [0.25, 0.3) is 11.5 Å². The van der Waals surface area contributed by atoms with E-state index in [0.717, 1.165) is 38.7 Å². The quantitative estimate of drug-likeness (QED) is 0.908. The van der Waals surface area contributed by atoms with Crippen molar-refractivity contribution in [1.29, 1.82) is 0 Å². The van der Waals surface area contributed by atoms with E-state index in [1.54, 1.807) is 16.2 Å². The van der Waals surface area contributed by atoms with Gasteiger partial charge >= 0.3 is 0 Å². The SMILES string of the molecule is CNc1sc2c(c1C)C(=O)N(Cc1c(C)cc(C)[nH]c1=O)CC2. The maximum absolute atomic E-state index is 12.9. The van der Waals surface area contributed by atoms with Crippen LogP contribution in [0.1, 0.15) is 37.6 Å². The van der Waals surface area contributed by atoms with Crippen LogP contribution in [0.2, 0.25) is 0 Å². The van der Waals surface area contributed by atoms with Gasteiger partial charge in [0.15, 0.2) is 0 Å². The summed E-state index contributed by atoms with van der Waals surface area (Å²) in [5, 5.41) is 4.21. The molecule has 6 heteroatoms. The molecule has 122 valence electrons. The lowest BCUT2D eigenvalue weighted by Crippen LogP contribution is -2.38. The number of carbonyl (C=O) groups excluding carboxylic acids is 1. The minimum Gasteiger partial charge on any atom is -0.380 e. The summed E-state index contributed by atoms with van der Waals surface area (Å²) in [5.41, 5.74) is 4.18. The van der Waals surface area contributed by atoms with E-state index in [2.05, 4.69) is 10.3 Å². The maximum atomic E-state index is 12.9. The van der Waals surface area contributed by atoms with Crippen LogP contribution in [0.25, 0.3) is 0 Å². The average Bonchev–Trinajstić information content (AvgIpc) is 2.82. The molecular formula is C17H21N3O2S. The van der Waals surface area contributed by atoms with Gasteiger partial charge in [-0.15, -0.1) is 11.3 Å². The zero-order chi connectivity index (χ0) is 16.7. The second-order valence-corrected chi connectivity index (χ2v) is 7.13. The van der Waals surface area contributed by atoms with Crippen LogP contribution in [0, 0.1) is 20.8 Å². The lowest BCUT2D eigenvalue weighted by atomic mass is 10.0. The Bertz CT molecular complexity index is 835. The second-order valence-electron chi connectivity index (χ2n) is 6.02. The minimum absolute atomic E-state index is 0.0286. The van der Waals surface area contributed by atoms with E-state index in [-0.39, 0.29) is 11.5 Å². The largest absolute Gasteiger partial charge is 0.380 e. The molecule has 0 spiro atoms. The van der Waals surface area contributed by atoms with E-state index in [0.29, 0.717) is 18.7 Å². The topological polar surface area (TPSA) is 65.2 Å². The van der Waals surface area contributed by atoms with Crippen LogP contribution in [-0.2, 0) is 13.0 Å². The number of aromatic nitrogens is 1. The smallest absolute Gasteiger partial charge is 0.255 e. The van der Waals surface area contributed by atoms with Crippen LogP contribution in [0.4, 0.5) is 5.00 Å². The van der Waals surface area contributed by atoms with Gasteiger partial charge in [-0.25, -0.2) is 0 Å². The third kappa shape index (κ3) is 2.67. The summed E-state index contributed by atoms with van der Waals surface area (Å²) >= 11 is 1.66. The molecule has 0 aliphatic carbocycles. The van der Waals surface area contributed by atoms with Crippen molar-refractivity contribution in [2.75, 3.05) is 18.9 Å². The van der Waals surface area contributed by atoms with Gasteiger partial charge in [-0.2, -0.15) is 0 Å². The summed E-state index contributed by atoms with van der Waals surface area (Å²) in [5.74, 6) is 0.0286. The first-order valence-corrected chi connectivity index (χ1v) is 8.52. The van der Waals surface area contributed by atoms with Crippen LogP contribution >= 0.6 is 11.3 Å². The number of pyridine rings is 1. The highest BCUT2D eigenvalue weighted by molar-refractivity contribution is 7.16. The lowest BCUT2D eigenvalue weighted by Gasteiger charge is -2.27. The van der Waals surface area contributed by atoms with Crippen molar-refractivity contribution in [3.05, 3.63) is 49.2 Å². The molecule has 0 fully saturated rings. The normalized spacial score (nSPS) is 14.1. The number of nitrogens with one attached hydrogen (secondary N) is 2. The minimum atomic E-state index is -0.0981. The highest BCUT2D eigenvalue weighted by Crippen LogP contribution is 2.36. The Labute approximate surface area is 139 Å². The number of hydrogen-bond donors (Lipinski definition) is 2. The van der Waals surface area contributed by atoms with E-state index < -0.39 is 0 Å². The molecule has 2 N–H and O–H groups in total. The molecule has 0 aromatic carbocycles. The van der Waals surface area contributed by atoms with Gasteiger partial charge < -0.3 is 15.2 Å². The molecule has 2 aromatic rings. The van der Waals surface area contributed by atoms with E-state index >= 15 is 0 Å². The third-order valence-electron chi connectivity index (χ3n) is 4.40. The molecule has 0 atom stereocenters. The van der Waals surface area contributed by atoms with E-state index in [9.17, 15) is 9.59 Å². The highest BCUT2D eigenvalue weighted by atomic mass is 32.1. The van der Waals surface area contributed by atoms with Crippen molar-refractivity contribution in [3.8, 4) is 0 Å². The average molecular weight is 331 g/mol. The van der Waals surface area contributed by atoms with Gasteiger partial charge in [-0.3, -0.25) is 9.59 Å². The summed E-state index contributed by atoms with van der Waals surface area (Å²) < 4.78 is 0. The maximum Gasteiger partial charge on any atom is 0.255 e. The standard InChI is InChI=1S/C17H21N3O2S/c1-9-7-10(2)19-15(21)12(9)8-20-6-5-13-14(17(20)22)11(3)16(18-4)23-13/h7,18H,5-6,8H2,1-4H3,(H,19,21). The number of hydrogen-bond acceptors (Lipinski definition) is 4. The van der Waals surface area contributed by atoms with Crippen molar-refractivity contribution in [2.24, 2.45) is 0 Å². The fourth-order valence-electron chi connectivity index (χ4n) is 3.18. The molecule has 1 amide bonds. The van der Waals surface area contributed by atoms with Crippen LogP contribution in [0.15, 0.2) is 10.9 Å². The molecule has 2 aromatic heterocycles. The van der Waals surface area contributed by atoms with Crippen molar-refractivity contribution < 1.29 is 4.79 Å². The van der Waals surface area contributed by atoms with Gasteiger partial charge in [0.2, 0.25) is 0 Å². The first-order valence-electron chi connectivity index (χ1n) is 7.71. The summed E-state index contributed by atoms with van der Waals surface area (Å²) in [7, 11) is 1.88. The lowest BCUT2D eigenvalue weighted by molar-refractivity contribution is 0.0727. The Morgan fingerprint density at radius 2 is 2.04 bits per heavy atom. The second kappa shape index (κ2) is 5.85. The molecule has 0 radical (unpaired) electrons. The molecular weight excluding hydrogens is 310 g/mol. The van der Waals surface area contributed by atoms with Gasteiger partial charge in [-0.1, -0.05) is 0 Å². The van der Waals surface area contributed by atoms with Gasteiger partial charge in [0, 0.05) is 36.1 Å². The van der Waals surface area contributed by atoms with Gasteiger partial charge in [-0.05, 0) is 38.0 Å². The molecule has 3 heterocycles. The predicted octanol–water partition coefficient (Wildman–Crippen LogP) is 2.60. The number of thiophene rings is 1. The summed E-state index contributed by atoms with van der Waals surface area (Å²) in [4.78, 5) is 30.8. The summed E-state index contributed by atoms with van der Waals surface area (Å²) in [6.45, 7) is 6.79. The molecule has 0 saturated carbocycles. The van der Waals surface area contributed by atoms with Gasteiger partial charge in [0.05, 0.1) is 17.1 Å². The first-order chi connectivity index (χ1) is 10.9. The van der Waals surface area contributed by atoms with E-state index in [4.69, 9.17) is 0 Å². The number of amides is 1. The van der Waals surface area contributed by atoms with Crippen LogP contribution in [-0.4, -0.2) is 29.4 Å². The number of carbonyl (C=O) groups is 1. The molecule has 1 aliphatic rings. The zero-order valence-electron chi connectivity index (χ0n) is 13.9. The van der Waals surface area contributed by atoms with Crippen LogP contribution in [0.3, 0.4) is 0 Å². The molecule has 0 unspecified atom stereocenters. The van der Waals surface area contributed by atoms with E-state index in [1.165, 1.54) is 0 Å². The fourth-order valence-corrected chi connectivity index (χ4v) is 4.32. The molecule has 23 heavy (non-hydrogen) atoms. The summed E-state index contributed by atoms with van der Waals surface area (Å²) in [6, 6.07) is 1.95.